The van der Waals surface area contributed by atoms with Crippen molar-refractivity contribution in [3.05, 3.63) is 52.5 Å². The highest BCUT2D eigenvalue weighted by Crippen LogP contribution is 2.37. The van der Waals surface area contributed by atoms with Crippen LogP contribution in [-0.4, -0.2) is 31.9 Å². The quantitative estimate of drug-likeness (QED) is 0.512. The second-order valence-corrected chi connectivity index (χ2v) is 6.21. The van der Waals surface area contributed by atoms with Crippen LogP contribution in [-0.2, 0) is 0 Å². The molecule has 0 radical (unpaired) electrons. The van der Waals surface area contributed by atoms with Crippen LogP contribution in [0.1, 0.15) is 29.8 Å². The van der Waals surface area contributed by atoms with Crippen molar-refractivity contribution in [2.24, 2.45) is 5.10 Å². The zero-order valence-electron chi connectivity index (χ0n) is 15.4. The first-order valence-corrected chi connectivity index (χ1v) is 8.60. The Labute approximate surface area is 166 Å². The van der Waals surface area contributed by atoms with Crippen molar-refractivity contribution in [3.63, 3.8) is 0 Å². The van der Waals surface area contributed by atoms with Gasteiger partial charge in [-0.05, 0) is 55.8 Å². The van der Waals surface area contributed by atoms with Crippen LogP contribution >= 0.6 is 11.6 Å². The number of carbonyl (C=O) groups excluding carboxylic acids is 1. The molecule has 0 aliphatic rings. The van der Waals surface area contributed by atoms with E-state index in [2.05, 4.69) is 15.3 Å². The van der Waals surface area contributed by atoms with Crippen LogP contribution in [0.5, 0.6) is 17.2 Å². The number of nitrogens with one attached hydrogen (secondary N) is 1. The van der Waals surface area contributed by atoms with E-state index in [1.807, 2.05) is 13.8 Å². The van der Waals surface area contributed by atoms with E-state index in [0.717, 1.165) is 0 Å². The molecule has 1 N–H and O–H groups in total. The minimum absolute atomic E-state index is 0.0151. The first kappa shape index (κ1) is 21.4. The summed E-state index contributed by atoms with van der Waals surface area (Å²) in [5, 5.41) is 3.76. The van der Waals surface area contributed by atoms with Gasteiger partial charge in [0.1, 0.15) is 5.75 Å². The number of methoxy groups -OCH3 is 1. The third-order valence-corrected chi connectivity index (χ3v) is 3.61. The molecule has 0 atom stereocenters. The molecule has 6 nitrogen and oxygen atoms in total. The third kappa shape index (κ3) is 6.09. The molecule has 0 bridgehead atoms. The molecular weight excluding hydrogens is 394 g/mol. The van der Waals surface area contributed by atoms with Crippen LogP contribution < -0.4 is 19.6 Å². The molecule has 2 aromatic rings. The van der Waals surface area contributed by atoms with Gasteiger partial charge in [-0.15, -0.1) is 0 Å². The molecule has 0 aromatic heterocycles. The van der Waals surface area contributed by atoms with Gasteiger partial charge in [-0.25, -0.2) is 5.43 Å². The predicted molar refractivity (Wildman–Crippen MR) is 102 cm³/mol. The van der Waals surface area contributed by atoms with Gasteiger partial charge in [-0.1, -0.05) is 11.6 Å². The second-order valence-electron chi connectivity index (χ2n) is 5.80. The standard InChI is InChI=1S/C19H19ClF2N2O4/c1-11(2)27-14-6-4-13(5-7-14)18(25)24-23-10-12-8-15(20)17(28-19(21)22)16(9-12)26-3/h4-11,19H,1-3H3,(H,24,25)/b23-10-. The Morgan fingerprint density at radius 2 is 1.86 bits per heavy atom. The summed E-state index contributed by atoms with van der Waals surface area (Å²) in [5.74, 6) is -0.0312. The second kappa shape index (κ2) is 9.89. The van der Waals surface area contributed by atoms with Gasteiger partial charge < -0.3 is 14.2 Å². The summed E-state index contributed by atoms with van der Waals surface area (Å²) >= 11 is 5.95. The Hall–Kier alpha value is -2.87. The Bertz CT molecular complexity index is 843. The first-order valence-electron chi connectivity index (χ1n) is 8.22. The maximum Gasteiger partial charge on any atom is 0.387 e. The molecule has 0 unspecified atom stereocenters. The normalized spacial score (nSPS) is 11.1. The summed E-state index contributed by atoms with van der Waals surface area (Å²) in [7, 11) is 1.29. The number of halogens is 3. The van der Waals surface area contributed by atoms with Crippen molar-refractivity contribution >= 4 is 23.7 Å². The van der Waals surface area contributed by atoms with E-state index >= 15 is 0 Å². The molecule has 0 heterocycles. The Kier molecular flexibility index (Phi) is 7.57. The van der Waals surface area contributed by atoms with Gasteiger partial charge in [0.15, 0.2) is 11.5 Å². The third-order valence-electron chi connectivity index (χ3n) is 3.33. The molecule has 0 fully saturated rings. The summed E-state index contributed by atoms with van der Waals surface area (Å²) in [6, 6.07) is 9.35. The topological polar surface area (TPSA) is 69.2 Å². The summed E-state index contributed by atoms with van der Waals surface area (Å²) < 4.78 is 39.7. The van der Waals surface area contributed by atoms with Gasteiger partial charge in [0, 0.05) is 5.56 Å². The number of benzene rings is 2. The maximum absolute atomic E-state index is 12.4. The van der Waals surface area contributed by atoms with Gasteiger partial charge in [0.25, 0.3) is 5.91 Å². The number of ether oxygens (including phenoxy) is 3. The fourth-order valence-corrected chi connectivity index (χ4v) is 2.47. The number of amides is 1. The van der Waals surface area contributed by atoms with Crippen LogP contribution in [0.25, 0.3) is 0 Å². The average Bonchev–Trinajstić information content (AvgIpc) is 2.63. The summed E-state index contributed by atoms with van der Waals surface area (Å²) in [4.78, 5) is 12.1. The molecule has 2 rings (SSSR count). The highest BCUT2D eigenvalue weighted by molar-refractivity contribution is 6.32. The molecule has 0 spiro atoms. The maximum atomic E-state index is 12.4. The monoisotopic (exact) mass is 412 g/mol. The fourth-order valence-electron chi connectivity index (χ4n) is 2.20. The van der Waals surface area contributed by atoms with E-state index in [9.17, 15) is 13.6 Å². The van der Waals surface area contributed by atoms with Crippen LogP contribution in [0.2, 0.25) is 5.02 Å². The fraction of sp³-hybridized carbons (Fsp3) is 0.263. The molecule has 0 aliphatic carbocycles. The molecule has 1 amide bonds. The number of hydrogen-bond acceptors (Lipinski definition) is 5. The van der Waals surface area contributed by atoms with E-state index in [4.69, 9.17) is 21.1 Å². The number of nitrogens with zero attached hydrogens (tertiary/aromatic N) is 1. The van der Waals surface area contributed by atoms with Crippen LogP contribution in [0.3, 0.4) is 0 Å². The molecule has 150 valence electrons. The van der Waals surface area contributed by atoms with Crippen molar-refractivity contribution < 1.29 is 27.8 Å². The van der Waals surface area contributed by atoms with Gasteiger partial charge in [-0.3, -0.25) is 4.79 Å². The van der Waals surface area contributed by atoms with Crippen molar-refractivity contribution in [3.8, 4) is 17.2 Å². The van der Waals surface area contributed by atoms with E-state index in [0.29, 0.717) is 16.9 Å². The number of hydrazone groups is 1. The minimum Gasteiger partial charge on any atom is -0.493 e. The van der Waals surface area contributed by atoms with Crippen molar-refractivity contribution in [1.29, 1.82) is 0 Å². The van der Waals surface area contributed by atoms with E-state index in [1.54, 1.807) is 24.3 Å². The van der Waals surface area contributed by atoms with Gasteiger partial charge >= 0.3 is 6.61 Å². The lowest BCUT2D eigenvalue weighted by Gasteiger charge is -2.12. The molecule has 0 saturated heterocycles. The molecular formula is C19H19ClF2N2O4. The number of carbonyl (C=O) groups is 1. The average molecular weight is 413 g/mol. The number of rotatable bonds is 8. The highest BCUT2D eigenvalue weighted by atomic mass is 35.5. The summed E-state index contributed by atoms with van der Waals surface area (Å²) in [6.45, 7) is 0.772. The SMILES string of the molecule is COc1cc(/C=N\NC(=O)c2ccc(OC(C)C)cc2)cc(Cl)c1OC(F)F. The lowest BCUT2D eigenvalue weighted by molar-refractivity contribution is -0.0511. The largest absolute Gasteiger partial charge is 0.493 e. The van der Waals surface area contributed by atoms with E-state index < -0.39 is 12.5 Å². The van der Waals surface area contributed by atoms with Crippen LogP contribution in [0, 0.1) is 0 Å². The summed E-state index contributed by atoms with van der Waals surface area (Å²) in [5.41, 5.74) is 3.18. The first-order chi connectivity index (χ1) is 13.3. The van der Waals surface area contributed by atoms with E-state index in [-0.39, 0.29) is 22.6 Å². The van der Waals surface area contributed by atoms with Crippen molar-refractivity contribution in [2.45, 2.75) is 26.6 Å². The molecule has 2 aromatic carbocycles. The predicted octanol–water partition coefficient (Wildman–Crippen LogP) is 4.50. The molecule has 28 heavy (non-hydrogen) atoms. The zero-order valence-corrected chi connectivity index (χ0v) is 16.2. The van der Waals surface area contributed by atoms with Crippen LogP contribution in [0.4, 0.5) is 8.78 Å². The van der Waals surface area contributed by atoms with E-state index in [1.165, 1.54) is 25.5 Å². The zero-order chi connectivity index (χ0) is 20.7. The molecule has 9 heteroatoms. The minimum atomic E-state index is -3.04. The Balaban J connectivity index is 2.05. The van der Waals surface area contributed by atoms with Crippen LogP contribution in [0.15, 0.2) is 41.5 Å². The summed E-state index contributed by atoms with van der Waals surface area (Å²) in [6.07, 6.45) is 1.33. The molecule has 0 aliphatic heterocycles. The van der Waals surface area contributed by atoms with Gasteiger partial charge in [0.2, 0.25) is 0 Å². The van der Waals surface area contributed by atoms with Gasteiger partial charge in [0.05, 0.1) is 24.5 Å². The van der Waals surface area contributed by atoms with Gasteiger partial charge in [-0.2, -0.15) is 13.9 Å². The Morgan fingerprint density at radius 1 is 1.18 bits per heavy atom. The smallest absolute Gasteiger partial charge is 0.387 e. The lowest BCUT2D eigenvalue weighted by atomic mass is 10.2. The Morgan fingerprint density at radius 3 is 2.43 bits per heavy atom. The molecule has 0 saturated carbocycles. The van der Waals surface area contributed by atoms with Crippen molar-refractivity contribution in [2.75, 3.05) is 7.11 Å². The number of alkyl halides is 2. The van der Waals surface area contributed by atoms with Crippen molar-refractivity contribution in [1.82, 2.24) is 5.43 Å². The highest BCUT2D eigenvalue weighted by Gasteiger charge is 2.15. The number of hydrogen-bond donors (Lipinski definition) is 1. The lowest BCUT2D eigenvalue weighted by Crippen LogP contribution is -2.17.